The van der Waals surface area contributed by atoms with Crippen LogP contribution >= 0.6 is 24.0 Å². The smallest absolute Gasteiger partial charge is 0.238 e. The van der Waals surface area contributed by atoms with Crippen LogP contribution in [0.15, 0.2) is 18.2 Å². The number of hydrogen-bond acceptors (Lipinski definition) is 3. The Kier molecular flexibility index (Phi) is 7.39. The van der Waals surface area contributed by atoms with E-state index in [1.54, 1.807) is 0 Å². The lowest BCUT2D eigenvalue weighted by atomic mass is 9.97. The van der Waals surface area contributed by atoms with Crippen molar-refractivity contribution in [3.63, 3.8) is 0 Å². The number of amides is 1. The molecule has 1 aliphatic heterocycles. The van der Waals surface area contributed by atoms with Crippen molar-refractivity contribution >= 4 is 35.6 Å². The Balaban J connectivity index is 0.00000220. The molecule has 0 atom stereocenters. The summed E-state index contributed by atoms with van der Waals surface area (Å²) in [7, 11) is 0. The van der Waals surface area contributed by atoms with Crippen LogP contribution in [-0.4, -0.2) is 37.0 Å². The highest BCUT2D eigenvalue weighted by molar-refractivity contribution is 6.31. The number of anilines is 1. The van der Waals surface area contributed by atoms with Crippen LogP contribution in [0.4, 0.5) is 10.1 Å². The first-order valence-electron chi connectivity index (χ1n) is 6.76. The first-order chi connectivity index (χ1) is 9.58. The second kappa shape index (κ2) is 8.54. The first kappa shape index (κ1) is 18.2. The van der Waals surface area contributed by atoms with Crippen LogP contribution in [0.25, 0.3) is 0 Å². The van der Waals surface area contributed by atoms with E-state index in [4.69, 9.17) is 17.3 Å². The topological polar surface area (TPSA) is 58.4 Å². The van der Waals surface area contributed by atoms with Gasteiger partial charge in [-0.1, -0.05) is 11.6 Å². The Morgan fingerprint density at radius 2 is 2.10 bits per heavy atom. The zero-order valence-electron chi connectivity index (χ0n) is 11.6. The van der Waals surface area contributed by atoms with Gasteiger partial charge in [-0.05, 0) is 56.6 Å². The van der Waals surface area contributed by atoms with Gasteiger partial charge in [-0.25, -0.2) is 4.39 Å². The Morgan fingerprint density at radius 1 is 1.43 bits per heavy atom. The number of carbonyl (C=O) groups is 1. The lowest BCUT2D eigenvalue weighted by molar-refractivity contribution is -0.117. The van der Waals surface area contributed by atoms with Crippen LogP contribution < -0.4 is 11.1 Å². The Hall–Kier alpha value is -0.880. The molecule has 3 N–H and O–H groups in total. The fourth-order valence-electron chi connectivity index (χ4n) is 2.36. The number of hydrogen-bond donors (Lipinski definition) is 2. The van der Waals surface area contributed by atoms with Crippen LogP contribution in [0.2, 0.25) is 5.02 Å². The van der Waals surface area contributed by atoms with Crippen LogP contribution in [0.1, 0.15) is 12.8 Å². The van der Waals surface area contributed by atoms with Gasteiger partial charge in [-0.3, -0.25) is 9.69 Å². The highest BCUT2D eigenvalue weighted by Gasteiger charge is 2.19. The molecule has 7 heteroatoms. The first-order valence-corrected chi connectivity index (χ1v) is 7.13. The van der Waals surface area contributed by atoms with Crippen molar-refractivity contribution < 1.29 is 9.18 Å². The van der Waals surface area contributed by atoms with Gasteiger partial charge in [0.2, 0.25) is 5.91 Å². The lowest BCUT2D eigenvalue weighted by Crippen LogP contribution is -2.40. The lowest BCUT2D eigenvalue weighted by Gasteiger charge is -2.30. The van der Waals surface area contributed by atoms with Crippen molar-refractivity contribution in [2.24, 2.45) is 11.7 Å². The molecule has 118 valence electrons. The molecule has 1 saturated heterocycles. The Bertz CT molecular complexity index is 479. The zero-order chi connectivity index (χ0) is 14.5. The summed E-state index contributed by atoms with van der Waals surface area (Å²) >= 11 is 5.67. The van der Waals surface area contributed by atoms with E-state index in [2.05, 4.69) is 10.2 Å². The summed E-state index contributed by atoms with van der Waals surface area (Å²) in [5.74, 6) is -0.0300. The maximum absolute atomic E-state index is 13.0. The monoisotopic (exact) mass is 335 g/mol. The van der Waals surface area contributed by atoms with Crippen molar-refractivity contribution in [3.8, 4) is 0 Å². The molecule has 1 aliphatic rings. The second-order valence-corrected chi connectivity index (χ2v) is 5.54. The summed E-state index contributed by atoms with van der Waals surface area (Å²) in [6, 6.07) is 4.15. The fourth-order valence-corrected chi connectivity index (χ4v) is 2.54. The number of benzene rings is 1. The van der Waals surface area contributed by atoms with E-state index in [0.29, 0.717) is 24.7 Å². The largest absolute Gasteiger partial charge is 0.330 e. The van der Waals surface area contributed by atoms with Crippen LogP contribution in [-0.2, 0) is 4.79 Å². The second-order valence-electron chi connectivity index (χ2n) is 5.13. The summed E-state index contributed by atoms with van der Waals surface area (Å²) in [5, 5.41) is 2.73. The minimum Gasteiger partial charge on any atom is -0.330 e. The molecule has 4 nitrogen and oxygen atoms in total. The minimum atomic E-state index is -0.492. The average molecular weight is 336 g/mol. The van der Waals surface area contributed by atoms with Gasteiger partial charge >= 0.3 is 0 Å². The molecule has 2 rings (SSSR count). The number of nitrogens with zero attached hydrogens (tertiary/aromatic N) is 1. The third-order valence-corrected chi connectivity index (χ3v) is 3.90. The average Bonchev–Trinajstić information content (AvgIpc) is 2.44. The molecule has 0 aromatic heterocycles. The highest BCUT2D eigenvalue weighted by atomic mass is 35.5. The van der Waals surface area contributed by atoms with Gasteiger partial charge < -0.3 is 11.1 Å². The molecule has 0 bridgehead atoms. The van der Waals surface area contributed by atoms with Crippen LogP contribution in [0.5, 0.6) is 0 Å². The summed E-state index contributed by atoms with van der Waals surface area (Å²) < 4.78 is 13.0. The third kappa shape index (κ3) is 5.43. The van der Waals surface area contributed by atoms with Gasteiger partial charge in [-0.15, -0.1) is 12.4 Å². The van der Waals surface area contributed by atoms with E-state index in [1.807, 2.05) is 0 Å². The SMILES string of the molecule is Cl.NCC1CCN(CC(=O)Nc2ccc(F)c(Cl)c2)CC1. The Labute approximate surface area is 135 Å². The predicted octanol–water partition coefficient (Wildman–Crippen LogP) is 2.51. The third-order valence-electron chi connectivity index (χ3n) is 3.61. The van der Waals surface area contributed by atoms with Gasteiger partial charge in [0.25, 0.3) is 0 Å². The quantitative estimate of drug-likeness (QED) is 0.888. The van der Waals surface area contributed by atoms with Crippen LogP contribution in [0.3, 0.4) is 0 Å². The van der Waals surface area contributed by atoms with Crippen LogP contribution in [0, 0.1) is 11.7 Å². The number of carbonyl (C=O) groups excluding carboxylic acids is 1. The molecule has 0 spiro atoms. The molecule has 1 aromatic rings. The summed E-state index contributed by atoms with van der Waals surface area (Å²) in [6.07, 6.45) is 2.07. The molecular formula is C14H20Cl2FN3O. The standard InChI is InChI=1S/C14H19ClFN3O.ClH/c15-12-7-11(1-2-13(12)16)18-14(20)9-19-5-3-10(8-17)4-6-19;/h1-2,7,10H,3-6,8-9,17H2,(H,18,20);1H. The molecule has 0 aliphatic carbocycles. The van der Waals surface area contributed by atoms with Crippen molar-refractivity contribution in [3.05, 3.63) is 29.0 Å². The van der Waals surface area contributed by atoms with Gasteiger partial charge in [0, 0.05) is 5.69 Å². The van der Waals surface area contributed by atoms with Crippen molar-refractivity contribution in [1.82, 2.24) is 4.90 Å². The molecule has 1 fully saturated rings. The maximum atomic E-state index is 13.0. The van der Waals surface area contributed by atoms with Crippen molar-refractivity contribution in [1.29, 1.82) is 0 Å². The molecular weight excluding hydrogens is 316 g/mol. The molecule has 0 saturated carbocycles. The normalized spacial score (nSPS) is 16.3. The molecule has 1 aromatic carbocycles. The van der Waals surface area contributed by atoms with Crippen molar-refractivity contribution in [2.75, 3.05) is 31.5 Å². The number of nitrogens with two attached hydrogens (primary N) is 1. The molecule has 0 unspecified atom stereocenters. The Morgan fingerprint density at radius 3 is 2.67 bits per heavy atom. The van der Waals surface area contributed by atoms with Gasteiger partial charge in [0.1, 0.15) is 5.82 Å². The van der Waals surface area contributed by atoms with E-state index < -0.39 is 5.82 Å². The number of likely N-dealkylation sites (tertiary alicyclic amines) is 1. The number of halogens is 3. The zero-order valence-corrected chi connectivity index (χ0v) is 13.2. The summed E-state index contributed by atoms with van der Waals surface area (Å²) in [5.41, 5.74) is 6.15. The minimum absolute atomic E-state index is 0. The molecule has 21 heavy (non-hydrogen) atoms. The fraction of sp³-hybridized carbons (Fsp3) is 0.500. The number of piperidine rings is 1. The van der Waals surface area contributed by atoms with E-state index >= 15 is 0 Å². The highest BCUT2D eigenvalue weighted by Crippen LogP contribution is 2.20. The van der Waals surface area contributed by atoms with E-state index in [9.17, 15) is 9.18 Å². The van der Waals surface area contributed by atoms with Gasteiger partial charge in [-0.2, -0.15) is 0 Å². The van der Waals surface area contributed by atoms with E-state index in [-0.39, 0.29) is 23.3 Å². The number of rotatable bonds is 4. The van der Waals surface area contributed by atoms with Gasteiger partial charge in [0.15, 0.2) is 0 Å². The molecule has 0 radical (unpaired) electrons. The van der Waals surface area contributed by atoms with E-state index in [0.717, 1.165) is 25.9 Å². The predicted molar refractivity (Wildman–Crippen MR) is 85.5 cm³/mol. The summed E-state index contributed by atoms with van der Waals surface area (Å²) in [4.78, 5) is 14.0. The summed E-state index contributed by atoms with van der Waals surface area (Å²) in [6.45, 7) is 2.83. The maximum Gasteiger partial charge on any atom is 0.238 e. The molecule has 1 amide bonds. The van der Waals surface area contributed by atoms with Crippen molar-refractivity contribution in [2.45, 2.75) is 12.8 Å². The van der Waals surface area contributed by atoms with Gasteiger partial charge in [0.05, 0.1) is 11.6 Å². The molecule has 1 heterocycles. The number of nitrogens with one attached hydrogen (secondary N) is 1. The van der Waals surface area contributed by atoms with E-state index in [1.165, 1.54) is 18.2 Å².